The molecule has 2 aromatic rings. The van der Waals surface area contributed by atoms with Gasteiger partial charge in [0.25, 0.3) is 5.56 Å². The van der Waals surface area contributed by atoms with E-state index in [1.54, 1.807) is 17.7 Å². The Morgan fingerprint density at radius 1 is 1.29 bits per heavy atom. The van der Waals surface area contributed by atoms with E-state index in [-0.39, 0.29) is 11.6 Å². The van der Waals surface area contributed by atoms with Crippen LogP contribution in [0.5, 0.6) is 5.75 Å². The number of anilines is 1. The molecule has 1 atom stereocenters. The normalized spacial score (nSPS) is 21.9. The third kappa shape index (κ3) is 3.17. The van der Waals surface area contributed by atoms with E-state index < -0.39 is 11.2 Å². The Hall–Kier alpha value is -2.99. The number of rotatable bonds is 7. The summed E-state index contributed by atoms with van der Waals surface area (Å²) in [5, 5.41) is 4.03. The van der Waals surface area contributed by atoms with Crippen LogP contribution in [0.15, 0.2) is 21.7 Å². The van der Waals surface area contributed by atoms with Crippen LogP contribution in [0.3, 0.4) is 0 Å². The zero-order valence-electron chi connectivity index (χ0n) is 17.8. The molecule has 2 saturated carbocycles. The van der Waals surface area contributed by atoms with Crippen molar-refractivity contribution in [2.24, 2.45) is 5.92 Å². The third-order valence-electron chi connectivity index (χ3n) is 7.13. The van der Waals surface area contributed by atoms with Crippen molar-refractivity contribution in [2.45, 2.75) is 43.7 Å². The highest BCUT2D eigenvalue weighted by Gasteiger charge is 2.51. The standard InChI is InChI=1S/C22H28N6O3/c1-24-10-11-25-22(8-9-22)14-7-12-26(13-14)17-6-5-16-18(19(17)31-2)27(15-3-4-15)21(30)28(23)20(16)29/h5-6,14-15,25H,3-4,7-13,23H2,2H3. The summed E-state index contributed by atoms with van der Waals surface area (Å²) in [5.41, 5.74) is 0.626. The largest absolute Gasteiger partial charge is 0.492 e. The molecular formula is C22H28N6O3. The summed E-state index contributed by atoms with van der Waals surface area (Å²) < 4.78 is 8.16. The molecular weight excluding hydrogens is 396 g/mol. The topological polar surface area (TPSA) is 98.9 Å². The Morgan fingerprint density at radius 3 is 2.71 bits per heavy atom. The first-order chi connectivity index (χ1) is 15.0. The molecule has 164 valence electrons. The second-order valence-corrected chi connectivity index (χ2v) is 8.97. The molecule has 3 aliphatic rings. The van der Waals surface area contributed by atoms with E-state index in [1.165, 1.54) is 0 Å². The lowest BCUT2D eigenvalue weighted by molar-refractivity contribution is 0.362. The maximum absolute atomic E-state index is 12.8. The molecule has 9 heteroatoms. The highest BCUT2D eigenvalue weighted by atomic mass is 16.5. The minimum atomic E-state index is -0.498. The third-order valence-corrected chi connectivity index (χ3v) is 7.13. The summed E-state index contributed by atoms with van der Waals surface area (Å²) in [7, 11) is 1.59. The second kappa shape index (κ2) is 7.31. The van der Waals surface area contributed by atoms with Crippen LogP contribution < -0.4 is 32.0 Å². The van der Waals surface area contributed by atoms with Crippen molar-refractivity contribution in [3.8, 4) is 5.75 Å². The van der Waals surface area contributed by atoms with E-state index >= 15 is 0 Å². The van der Waals surface area contributed by atoms with Crippen LogP contribution in [-0.2, 0) is 0 Å². The molecule has 9 nitrogen and oxygen atoms in total. The Labute approximate surface area is 180 Å². The fraction of sp³-hybridized carbons (Fsp3) is 0.591. The number of hydrogen-bond acceptors (Lipinski definition) is 6. The van der Waals surface area contributed by atoms with Crippen molar-refractivity contribution < 1.29 is 4.74 Å². The van der Waals surface area contributed by atoms with Gasteiger partial charge in [-0.25, -0.2) is 11.4 Å². The predicted octanol–water partition coefficient (Wildman–Crippen LogP) is 1.09. The van der Waals surface area contributed by atoms with Gasteiger partial charge in [-0.1, -0.05) is 0 Å². The number of nitrogens with zero attached hydrogens (tertiary/aromatic N) is 4. The van der Waals surface area contributed by atoms with Gasteiger partial charge in [0.2, 0.25) is 6.54 Å². The summed E-state index contributed by atoms with van der Waals surface area (Å²) >= 11 is 0. The zero-order chi connectivity index (χ0) is 21.8. The van der Waals surface area contributed by atoms with E-state index in [9.17, 15) is 9.59 Å². The first-order valence-corrected chi connectivity index (χ1v) is 11.0. The summed E-state index contributed by atoms with van der Waals surface area (Å²) in [6, 6.07) is 3.74. The van der Waals surface area contributed by atoms with Crippen LogP contribution in [0.2, 0.25) is 0 Å². The Balaban J connectivity index is 1.52. The van der Waals surface area contributed by atoms with Gasteiger partial charge in [-0.3, -0.25) is 9.36 Å². The van der Waals surface area contributed by atoms with E-state index in [4.69, 9.17) is 17.2 Å². The number of fused-ring (bicyclic) bond motifs is 1. The van der Waals surface area contributed by atoms with Crippen molar-refractivity contribution in [1.29, 1.82) is 0 Å². The van der Waals surface area contributed by atoms with Crippen LogP contribution >= 0.6 is 0 Å². The molecule has 3 fully saturated rings. The number of nitrogen functional groups attached to an aromatic ring is 1. The lowest BCUT2D eigenvalue weighted by atomic mass is 9.96. The van der Waals surface area contributed by atoms with Gasteiger partial charge in [-0.2, -0.15) is 4.68 Å². The number of nitrogens with two attached hydrogens (primary N) is 1. The first-order valence-electron chi connectivity index (χ1n) is 11.0. The van der Waals surface area contributed by atoms with Crippen molar-refractivity contribution in [3.63, 3.8) is 0 Å². The van der Waals surface area contributed by atoms with E-state index in [1.807, 2.05) is 6.07 Å². The summed E-state index contributed by atoms with van der Waals surface area (Å²) in [6.45, 7) is 10.0. The minimum absolute atomic E-state index is 0.0576. The smallest absolute Gasteiger partial charge is 0.350 e. The number of methoxy groups -OCH3 is 1. The van der Waals surface area contributed by atoms with Gasteiger partial charge in [0.15, 0.2) is 5.75 Å². The van der Waals surface area contributed by atoms with E-state index in [0.29, 0.717) is 33.8 Å². The van der Waals surface area contributed by atoms with Crippen molar-refractivity contribution in [2.75, 3.05) is 44.0 Å². The maximum Gasteiger partial charge on any atom is 0.350 e. The lowest BCUT2D eigenvalue weighted by Gasteiger charge is -2.26. The highest BCUT2D eigenvalue weighted by Crippen LogP contribution is 2.48. The number of ether oxygens (including phenoxy) is 1. The summed E-state index contributed by atoms with van der Waals surface area (Å²) in [6.07, 6.45) is 5.15. The van der Waals surface area contributed by atoms with Gasteiger partial charge in [0.05, 0.1) is 24.7 Å². The number of benzene rings is 1. The Bertz CT molecular complexity index is 1180. The number of nitrogens with one attached hydrogen (secondary N) is 1. The van der Waals surface area contributed by atoms with Gasteiger partial charge >= 0.3 is 5.69 Å². The average Bonchev–Trinajstić information content (AvgIpc) is 3.71. The molecule has 0 bridgehead atoms. The molecule has 5 rings (SSSR count). The molecule has 2 heterocycles. The quantitative estimate of drug-likeness (QED) is 0.392. The molecule has 0 spiro atoms. The van der Waals surface area contributed by atoms with Gasteiger partial charge in [-0.05, 0) is 50.2 Å². The van der Waals surface area contributed by atoms with Crippen LogP contribution in [0.1, 0.15) is 38.1 Å². The van der Waals surface area contributed by atoms with Gasteiger partial charge < -0.3 is 25.6 Å². The second-order valence-electron chi connectivity index (χ2n) is 8.97. The van der Waals surface area contributed by atoms with Crippen molar-refractivity contribution in [3.05, 3.63) is 44.4 Å². The Kier molecular flexibility index (Phi) is 4.70. The van der Waals surface area contributed by atoms with Crippen molar-refractivity contribution >= 4 is 16.6 Å². The lowest BCUT2D eigenvalue weighted by Crippen LogP contribution is -2.44. The van der Waals surface area contributed by atoms with Crippen molar-refractivity contribution in [1.82, 2.24) is 14.6 Å². The first kappa shape index (κ1) is 19.9. The molecule has 1 aromatic heterocycles. The van der Waals surface area contributed by atoms with Gasteiger partial charge in [0, 0.05) is 24.7 Å². The molecule has 1 aliphatic heterocycles. The fourth-order valence-electron chi connectivity index (χ4n) is 5.18. The molecule has 1 unspecified atom stereocenters. The van der Waals surface area contributed by atoms with Crippen LogP contribution in [0, 0.1) is 12.5 Å². The zero-order valence-corrected chi connectivity index (χ0v) is 17.8. The van der Waals surface area contributed by atoms with Gasteiger partial charge in [0.1, 0.15) is 5.52 Å². The Morgan fingerprint density at radius 2 is 2.06 bits per heavy atom. The molecule has 3 N–H and O–H groups in total. The SMILES string of the molecule is [C-]#[N+]CCNC1(C2CCN(c3ccc4c(=O)n(N)c(=O)n(C5CC5)c4c3OC)C2)CC1. The molecule has 1 saturated heterocycles. The fourth-order valence-corrected chi connectivity index (χ4v) is 5.18. The van der Waals surface area contributed by atoms with Crippen LogP contribution in [-0.4, -0.2) is 48.1 Å². The minimum Gasteiger partial charge on any atom is -0.492 e. The van der Waals surface area contributed by atoms with Crippen LogP contribution in [0.4, 0.5) is 5.69 Å². The van der Waals surface area contributed by atoms with E-state index in [2.05, 4.69) is 15.1 Å². The van der Waals surface area contributed by atoms with Gasteiger partial charge in [-0.15, -0.1) is 0 Å². The van der Waals surface area contributed by atoms with E-state index in [0.717, 1.165) is 57.4 Å². The number of aromatic nitrogens is 2. The highest BCUT2D eigenvalue weighted by molar-refractivity contribution is 5.90. The monoisotopic (exact) mass is 424 g/mol. The maximum atomic E-state index is 12.8. The molecule has 1 aromatic carbocycles. The summed E-state index contributed by atoms with van der Waals surface area (Å²) in [5.74, 6) is 6.86. The predicted molar refractivity (Wildman–Crippen MR) is 119 cm³/mol. The molecule has 2 aliphatic carbocycles. The molecule has 0 radical (unpaired) electrons. The summed E-state index contributed by atoms with van der Waals surface area (Å²) in [4.78, 5) is 31.2. The molecule has 0 amide bonds. The number of hydrogen-bond donors (Lipinski definition) is 2. The molecule has 31 heavy (non-hydrogen) atoms. The van der Waals surface area contributed by atoms with Crippen LogP contribution in [0.25, 0.3) is 15.7 Å². The average molecular weight is 425 g/mol.